The number of benzene rings is 2. The smallest absolute Gasteiger partial charge is 0.129 e. The van der Waals surface area contributed by atoms with Gasteiger partial charge in [0.05, 0.1) is 6.04 Å². The molecule has 21 heavy (non-hydrogen) atoms. The van der Waals surface area contributed by atoms with Gasteiger partial charge in [-0.15, -0.1) is 0 Å². The summed E-state index contributed by atoms with van der Waals surface area (Å²) in [5.41, 5.74) is 2.90. The zero-order valence-corrected chi connectivity index (χ0v) is 13.6. The molecule has 3 heteroatoms. The Hall–Kier alpha value is -1.38. The average Bonchev–Trinajstić information content (AvgIpc) is 2.41. The zero-order valence-electron chi connectivity index (χ0n) is 12.9. The SMILES string of the molecule is CNC(c1ccc(Cl)cc1F)c1ccccc1C(C)(C)C. The molecule has 0 aliphatic heterocycles. The lowest BCUT2D eigenvalue weighted by atomic mass is 9.80. The predicted molar refractivity (Wildman–Crippen MR) is 87.5 cm³/mol. The summed E-state index contributed by atoms with van der Waals surface area (Å²) < 4.78 is 14.3. The van der Waals surface area contributed by atoms with Crippen molar-refractivity contribution >= 4 is 11.6 Å². The molecule has 0 heterocycles. The van der Waals surface area contributed by atoms with Crippen LogP contribution in [0.1, 0.15) is 43.5 Å². The van der Waals surface area contributed by atoms with Crippen LogP contribution in [0.3, 0.4) is 0 Å². The largest absolute Gasteiger partial charge is 0.309 e. The van der Waals surface area contributed by atoms with Crippen LogP contribution in [-0.4, -0.2) is 7.05 Å². The van der Waals surface area contributed by atoms with Crippen molar-refractivity contribution < 1.29 is 4.39 Å². The molecule has 112 valence electrons. The van der Waals surface area contributed by atoms with E-state index >= 15 is 0 Å². The molecule has 0 saturated carbocycles. The predicted octanol–water partition coefficient (Wildman–Crippen LogP) is 5.09. The van der Waals surface area contributed by atoms with Gasteiger partial charge < -0.3 is 5.32 Å². The molecular formula is C18H21ClFN. The third kappa shape index (κ3) is 3.45. The molecule has 1 atom stereocenters. The Labute approximate surface area is 131 Å². The fraction of sp³-hybridized carbons (Fsp3) is 0.333. The minimum Gasteiger partial charge on any atom is -0.309 e. The molecule has 1 nitrogen and oxygen atoms in total. The van der Waals surface area contributed by atoms with E-state index in [9.17, 15) is 4.39 Å². The lowest BCUT2D eigenvalue weighted by molar-refractivity contribution is 0.548. The maximum atomic E-state index is 14.3. The van der Waals surface area contributed by atoms with E-state index in [1.165, 1.54) is 11.6 Å². The number of halogens is 2. The van der Waals surface area contributed by atoms with Gasteiger partial charge in [-0.1, -0.05) is 62.7 Å². The normalized spacial score (nSPS) is 13.2. The van der Waals surface area contributed by atoms with Crippen molar-refractivity contribution in [2.45, 2.75) is 32.2 Å². The standard InChI is InChI=1S/C18H21ClFN/c1-18(2,3)15-8-6-5-7-13(15)17(21-4)14-10-9-12(19)11-16(14)20/h5-11,17,21H,1-4H3. The summed E-state index contributed by atoms with van der Waals surface area (Å²) in [6, 6.07) is 12.8. The van der Waals surface area contributed by atoms with Crippen LogP contribution in [-0.2, 0) is 5.41 Å². The lowest BCUT2D eigenvalue weighted by Crippen LogP contribution is -2.24. The number of hydrogen-bond acceptors (Lipinski definition) is 1. The highest BCUT2D eigenvalue weighted by Gasteiger charge is 2.24. The van der Waals surface area contributed by atoms with Crippen LogP contribution >= 0.6 is 11.6 Å². The molecule has 0 aliphatic carbocycles. The van der Waals surface area contributed by atoms with Gasteiger partial charge in [-0.25, -0.2) is 4.39 Å². The molecule has 2 aromatic rings. The van der Waals surface area contributed by atoms with Crippen LogP contribution in [0.4, 0.5) is 4.39 Å². The first kappa shape index (κ1) is 16.0. The Balaban J connectivity index is 2.57. The van der Waals surface area contributed by atoms with Crippen LogP contribution < -0.4 is 5.32 Å². The molecule has 1 unspecified atom stereocenters. The van der Waals surface area contributed by atoms with Gasteiger partial charge in [0.25, 0.3) is 0 Å². The Bertz CT molecular complexity index is 631. The first-order chi connectivity index (χ1) is 9.84. The Kier molecular flexibility index (Phi) is 4.70. The second kappa shape index (κ2) is 6.17. The molecule has 0 radical (unpaired) electrons. The fourth-order valence-corrected chi connectivity index (χ4v) is 2.80. The molecular weight excluding hydrogens is 285 g/mol. The number of rotatable bonds is 3. The van der Waals surface area contributed by atoms with Gasteiger partial charge >= 0.3 is 0 Å². The molecule has 2 rings (SSSR count). The minimum atomic E-state index is -0.287. The molecule has 2 aromatic carbocycles. The van der Waals surface area contributed by atoms with E-state index < -0.39 is 0 Å². The number of hydrogen-bond donors (Lipinski definition) is 1. The van der Waals surface area contributed by atoms with Gasteiger partial charge in [0.15, 0.2) is 0 Å². The molecule has 0 aliphatic rings. The monoisotopic (exact) mass is 305 g/mol. The van der Waals surface area contributed by atoms with E-state index in [-0.39, 0.29) is 17.3 Å². The second-order valence-electron chi connectivity index (χ2n) is 6.22. The van der Waals surface area contributed by atoms with E-state index in [2.05, 4.69) is 38.2 Å². The van der Waals surface area contributed by atoms with E-state index in [0.29, 0.717) is 10.6 Å². The minimum absolute atomic E-state index is 0.00536. The van der Waals surface area contributed by atoms with Crippen molar-refractivity contribution in [2.24, 2.45) is 0 Å². The molecule has 0 amide bonds. The van der Waals surface area contributed by atoms with Gasteiger partial charge in [0.1, 0.15) is 5.82 Å². The molecule has 0 aromatic heterocycles. The van der Waals surface area contributed by atoms with Crippen molar-refractivity contribution in [3.63, 3.8) is 0 Å². The number of nitrogens with one attached hydrogen (secondary N) is 1. The quantitative estimate of drug-likeness (QED) is 0.833. The Morgan fingerprint density at radius 2 is 1.71 bits per heavy atom. The lowest BCUT2D eigenvalue weighted by Gasteiger charge is -2.28. The Morgan fingerprint density at radius 1 is 1.05 bits per heavy atom. The molecule has 0 spiro atoms. The van der Waals surface area contributed by atoms with Gasteiger partial charge in [0.2, 0.25) is 0 Å². The third-order valence-corrected chi connectivity index (χ3v) is 3.88. The summed E-state index contributed by atoms with van der Waals surface area (Å²) in [6.45, 7) is 6.49. The van der Waals surface area contributed by atoms with Crippen LogP contribution in [0.15, 0.2) is 42.5 Å². The summed E-state index contributed by atoms with van der Waals surface area (Å²) in [5.74, 6) is -0.287. The summed E-state index contributed by atoms with van der Waals surface area (Å²) in [7, 11) is 1.85. The van der Waals surface area contributed by atoms with E-state index in [1.54, 1.807) is 12.1 Å². The first-order valence-electron chi connectivity index (χ1n) is 7.06. The fourth-order valence-electron chi connectivity index (χ4n) is 2.65. The second-order valence-corrected chi connectivity index (χ2v) is 6.66. The van der Waals surface area contributed by atoms with Gasteiger partial charge in [-0.3, -0.25) is 0 Å². The zero-order chi connectivity index (χ0) is 15.6. The van der Waals surface area contributed by atoms with E-state index in [0.717, 1.165) is 5.56 Å². The summed E-state index contributed by atoms with van der Waals surface area (Å²) >= 11 is 5.85. The van der Waals surface area contributed by atoms with Gasteiger partial charge in [-0.05, 0) is 35.7 Å². The molecule has 0 fully saturated rings. The van der Waals surface area contributed by atoms with E-state index in [1.807, 2.05) is 19.2 Å². The van der Waals surface area contributed by atoms with Crippen molar-refractivity contribution in [3.8, 4) is 0 Å². The summed E-state index contributed by atoms with van der Waals surface area (Å²) in [4.78, 5) is 0. The Morgan fingerprint density at radius 3 is 2.29 bits per heavy atom. The van der Waals surface area contributed by atoms with Crippen LogP contribution in [0, 0.1) is 5.82 Å². The maximum Gasteiger partial charge on any atom is 0.129 e. The molecule has 0 bridgehead atoms. The third-order valence-electron chi connectivity index (χ3n) is 3.64. The van der Waals surface area contributed by atoms with Crippen LogP contribution in [0.5, 0.6) is 0 Å². The topological polar surface area (TPSA) is 12.0 Å². The van der Waals surface area contributed by atoms with Crippen LogP contribution in [0.25, 0.3) is 0 Å². The highest BCUT2D eigenvalue weighted by molar-refractivity contribution is 6.30. The van der Waals surface area contributed by atoms with Crippen molar-refractivity contribution in [1.29, 1.82) is 0 Å². The molecule has 0 saturated heterocycles. The van der Waals surface area contributed by atoms with Crippen molar-refractivity contribution in [2.75, 3.05) is 7.05 Å². The highest BCUT2D eigenvalue weighted by atomic mass is 35.5. The summed E-state index contributed by atoms with van der Waals surface area (Å²) in [6.07, 6.45) is 0. The van der Waals surface area contributed by atoms with E-state index in [4.69, 9.17) is 11.6 Å². The molecule has 1 N–H and O–H groups in total. The maximum absolute atomic E-state index is 14.3. The van der Waals surface area contributed by atoms with Crippen molar-refractivity contribution in [3.05, 3.63) is 70.0 Å². The highest BCUT2D eigenvalue weighted by Crippen LogP contribution is 2.33. The average molecular weight is 306 g/mol. The van der Waals surface area contributed by atoms with Crippen LogP contribution in [0.2, 0.25) is 5.02 Å². The van der Waals surface area contributed by atoms with Gasteiger partial charge in [0, 0.05) is 10.6 Å². The van der Waals surface area contributed by atoms with Gasteiger partial charge in [-0.2, -0.15) is 0 Å². The van der Waals surface area contributed by atoms with Crippen molar-refractivity contribution in [1.82, 2.24) is 5.32 Å². The summed E-state index contributed by atoms with van der Waals surface area (Å²) in [5, 5.41) is 3.64. The first-order valence-corrected chi connectivity index (χ1v) is 7.44.